The summed E-state index contributed by atoms with van der Waals surface area (Å²) >= 11 is 0. The third-order valence-corrected chi connectivity index (χ3v) is 7.67. The van der Waals surface area contributed by atoms with Crippen LogP contribution in [0.3, 0.4) is 0 Å². The predicted octanol–water partition coefficient (Wildman–Crippen LogP) is 12.6. The van der Waals surface area contributed by atoms with Gasteiger partial charge in [0.1, 0.15) is 0 Å². The smallest absolute Gasteiger partial charge is 0.310 e. The van der Waals surface area contributed by atoms with Crippen LogP contribution in [0.1, 0.15) is 158 Å². The predicted molar refractivity (Wildman–Crippen MR) is 179 cm³/mol. The largest absolute Gasteiger partial charge is 0.481 e. The number of carboxylic acids is 1. The van der Waals surface area contributed by atoms with Gasteiger partial charge in [0.15, 0.2) is 0 Å². The van der Waals surface area contributed by atoms with Crippen molar-refractivity contribution in [1.29, 1.82) is 0 Å². The Balaban J connectivity index is 4.96. The first-order chi connectivity index (χ1) is 19.1. The summed E-state index contributed by atoms with van der Waals surface area (Å²) in [6, 6.07) is 0. The van der Waals surface area contributed by atoms with E-state index in [1.165, 1.54) is 60.8 Å². The van der Waals surface area contributed by atoms with Gasteiger partial charge in [-0.1, -0.05) is 110 Å². The quantitative estimate of drug-likeness (QED) is 0.0955. The minimum Gasteiger partial charge on any atom is -0.481 e. The van der Waals surface area contributed by atoms with E-state index in [4.69, 9.17) is 0 Å². The minimum atomic E-state index is -0.709. The van der Waals surface area contributed by atoms with Gasteiger partial charge in [-0.2, -0.15) is 0 Å². The van der Waals surface area contributed by atoms with Crippen LogP contribution in [-0.2, 0) is 4.79 Å². The zero-order valence-corrected chi connectivity index (χ0v) is 27.5. The molecule has 0 aromatic heterocycles. The van der Waals surface area contributed by atoms with E-state index in [2.05, 4.69) is 97.1 Å². The molecule has 0 aliphatic heterocycles. The Bertz CT molecular complexity index is 799. The molecular weight excluding hydrogens is 488 g/mol. The number of unbranched alkanes of at least 4 members (excludes halogenated alkanes) is 7. The fourth-order valence-corrected chi connectivity index (χ4v) is 4.79. The van der Waals surface area contributed by atoms with Crippen LogP contribution in [0.15, 0.2) is 70.9 Å². The summed E-state index contributed by atoms with van der Waals surface area (Å²) in [5.41, 5.74) is 4.57. The minimum absolute atomic E-state index is 0.620. The summed E-state index contributed by atoms with van der Waals surface area (Å²) < 4.78 is 0. The molecule has 0 amide bonds. The highest BCUT2D eigenvalue weighted by Gasteiger charge is 2.36. The molecule has 0 spiro atoms. The second-order valence-electron chi connectivity index (χ2n) is 12.4. The molecule has 0 aromatic rings. The Morgan fingerprint density at radius 3 is 1.52 bits per heavy atom. The van der Waals surface area contributed by atoms with Crippen LogP contribution < -0.4 is 0 Å². The van der Waals surface area contributed by atoms with E-state index in [1.807, 2.05) is 0 Å². The molecule has 0 aliphatic rings. The Morgan fingerprint density at radius 1 is 0.600 bits per heavy atom. The lowest BCUT2D eigenvalue weighted by Crippen LogP contribution is -2.30. The molecule has 228 valence electrons. The summed E-state index contributed by atoms with van der Waals surface area (Å²) in [4.78, 5) is 12.7. The fourth-order valence-electron chi connectivity index (χ4n) is 4.79. The molecule has 0 heterocycles. The Morgan fingerprint density at radius 2 is 1.07 bits per heavy atom. The molecule has 2 heteroatoms. The molecule has 0 saturated heterocycles. The highest BCUT2D eigenvalue weighted by atomic mass is 16.4. The van der Waals surface area contributed by atoms with E-state index in [9.17, 15) is 9.90 Å². The van der Waals surface area contributed by atoms with Gasteiger partial charge in [-0.25, -0.2) is 0 Å². The zero-order valence-electron chi connectivity index (χ0n) is 27.5. The summed E-state index contributed by atoms with van der Waals surface area (Å²) in [5.74, 6) is -0.639. The van der Waals surface area contributed by atoms with Crippen LogP contribution in [0.2, 0.25) is 0 Å². The Kier molecular flexibility index (Phi) is 23.4. The van der Waals surface area contributed by atoms with Crippen molar-refractivity contribution >= 4 is 5.97 Å². The van der Waals surface area contributed by atoms with E-state index in [0.717, 1.165) is 57.8 Å². The maximum absolute atomic E-state index is 12.7. The van der Waals surface area contributed by atoms with Gasteiger partial charge in [0.25, 0.3) is 0 Å². The lowest BCUT2D eigenvalue weighted by atomic mass is 9.75. The Hall–Kier alpha value is -2.09. The molecular formula is C38H64O2. The van der Waals surface area contributed by atoms with E-state index < -0.39 is 11.4 Å². The van der Waals surface area contributed by atoms with Crippen LogP contribution in [-0.4, -0.2) is 11.1 Å². The zero-order chi connectivity index (χ0) is 30.1. The standard InChI is InChI=1S/C38H64O2/c1-8-9-10-11-12-13-14-15-16-17-18-19-20-21-30-38(37(39)40,31-28-35(6)26-22-24-33(2)3)32-29-36(7)27-23-25-34(4)5/h12-13,15-16,24-25,28-29H,8-11,14,17-23,26-27,30-32H2,1-7H3,(H,39,40)/b13-12-,16-15+,35-28+,36-29+. The van der Waals surface area contributed by atoms with Crippen LogP contribution in [0.4, 0.5) is 0 Å². The maximum atomic E-state index is 12.7. The van der Waals surface area contributed by atoms with Crippen molar-refractivity contribution in [1.82, 2.24) is 0 Å². The second kappa shape index (κ2) is 24.7. The van der Waals surface area contributed by atoms with Crippen LogP contribution in [0.5, 0.6) is 0 Å². The fraction of sp³-hybridized carbons (Fsp3) is 0.658. The summed E-state index contributed by atoms with van der Waals surface area (Å²) in [5, 5.41) is 10.5. The average Bonchev–Trinajstić information content (AvgIpc) is 2.89. The van der Waals surface area contributed by atoms with Gasteiger partial charge in [0.2, 0.25) is 0 Å². The van der Waals surface area contributed by atoms with Gasteiger partial charge >= 0.3 is 5.97 Å². The first kappa shape index (κ1) is 37.9. The van der Waals surface area contributed by atoms with Crippen LogP contribution >= 0.6 is 0 Å². The van der Waals surface area contributed by atoms with Gasteiger partial charge in [-0.3, -0.25) is 4.79 Å². The van der Waals surface area contributed by atoms with Gasteiger partial charge < -0.3 is 5.11 Å². The van der Waals surface area contributed by atoms with E-state index in [0.29, 0.717) is 12.8 Å². The molecule has 0 atom stereocenters. The number of carboxylic acid groups (broad SMARTS) is 1. The van der Waals surface area contributed by atoms with Crippen molar-refractivity contribution < 1.29 is 9.90 Å². The van der Waals surface area contributed by atoms with Crippen LogP contribution in [0.25, 0.3) is 0 Å². The molecule has 0 rings (SSSR count). The maximum Gasteiger partial charge on any atom is 0.310 e. The van der Waals surface area contributed by atoms with Crippen molar-refractivity contribution in [2.24, 2.45) is 5.41 Å². The number of carbonyl (C=O) groups is 1. The van der Waals surface area contributed by atoms with Crippen molar-refractivity contribution in [2.45, 2.75) is 158 Å². The molecule has 0 unspecified atom stereocenters. The monoisotopic (exact) mass is 552 g/mol. The van der Waals surface area contributed by atoms with Gasteiger partial charge in [-0.05, 0) is 119 Å². The molecule has 0 aliphatic carbocycles. The van der Waals surface area contributed by atoms with Crippen molar-refractivity contribution in [3.63, 3.8) is 0 Å². The van der Waals surface area contributed by atoms with Crippen molar-refractivity contribution in [2.75, 3.05) is 0 Å². The van der Waals surface area contributed by atoms with E-state index in [1.54, 1.807) is 0 Å². The second-order valence-corrected chi connectivity index (χ2v) is 12.4. The molecule has 40 heavy (non-hydrogen) atoms. The lowest BCUT2D eigenvalue weighted by Gasteiger charge is -2.28. The third-order valence-electron chi connectivity index (χ3n) is 7.67. The highest BCUT2D eigenvalue weighted by Crippen LogP contribution is 2.36. The van der Waals surface area contributed by atoms with E-state index in [-0.39, 0.29) is 0 Å². The molecule has 1 N–H and O–H groups in total. The normalized spacial score (nSPS) is 12.9. The van der Waals surface area contributed by atoms with Crippen molar-refractivity contribution in [3.05, 3.63) is 70.9 Å². The molecule has 0 radical (unpaired) electrons. The van der Waals surface area contributed by atoms with Gasteiger partial charge in [-0.15, -0.1) is 0 Å². The number of hydrogen-bond acceptors (Lipinski definition) is 1. The first-order valence-electron chi connectivity index (χ1n) is 16.2. The molecule has 0 saturated carbocycles. The van der Waals surface area contributed by atoms with Gasteiger partial charge in [0, 0.05) is 0 Å². The molecule has 0 fully saturated rings. The lowest BCUT2D eigenvalue weighted by molar-refractivity contribution is -0.149. The van der Waals surface area contributed by atoms with Crippen molar-refractivity contribution in [3.8, 4) is 0 Å². The topological polar surface area (TPSA) is 37.3 Å². The number of aliphatic carboxylic acids is 1. The molecule has 2 nitrogen and oxygen atoms in total. The van der Waals surface area contributed by atoms with Crippen LogP contribution in [0, 0.1) is 5.41 Å². The number of allylic oxidation sites excluding steroid dienone is 12. The summed E-state index contributed by atoms with van der Waals surface area (Å²) in [7, 11) is 0. The SMILES string of the molecule is CCCCC/C=C\C/C=C/CCCCCCC(C/C=C(\C)CCC=C(C)C)(C/C=C(\C)CCC=C(C)C)C(=O)O. The number of hydrogen-bond donors (Lipinski definition) is 1. The third kappa shape index (κ3) is 21.7. The number of rotatable bonds is 24. The Labute approximate surface area is 249 Å². The van der Waals surface area contributed by atoms with E-state index >= 15 is 0 Å². The first-order valence-corrected chi connectivity index (χ1v) is 16.2. The molecule has 0 aromatic carbocycles. The highest BCUT2D eigenvalue weighted by molar-refractivity contribution is 5.75. The summed E-state index contributed by atoms with van der Waals surface area (Å²) in [6.07, 6.45) is 35.9. The average molecular weight is 553 g/mol. The van der Waals surface area contributed by atoms with Gasteiger partial charge in [0.05, 0.1) is 5.41 Å². The molecule has 0 bridgehead atoms. The summed E-state index contributed by atoms with van der Waals surface area (Å²) in [6.45, 7) is 15.1.